The molecule has 6 heteroatoms. The maximum atomic E-state index is 11.0. The summed E-state index contributed by atoms with van der Waals surface area (Å²) in [7, 11) is 0. The average molecular weight is 254 g/mol. The Bertz CT molecular complexity index is 659. The third-order valence-electron chi connectivity index (χ3n) is 2.51. The van der Waals surface area contributed by atoms with Crippen molar-refractivity contribution < 1.29 is 4.92 Å². The summed E-state index contributed by atoms with van der Waals surface area (Å²) in [6.45, 7) is 0. The maximum absolute atomic E-state index is 11.0. The van der Waals surface area contributed by atoms with Crippen LogP contribution < -0.4 is 11.1 Å². The van der Waals surface area contributed by atoms with Gasteiger partial charge in [-0.25, -0.2) is 0 Å². The normalized spacial score (nSPS) is 9.63. The number of nitriles is 1. The first-order valence-electron chi connectivity index (χ1n) is 5.41. The van der Waals surface area contributed by atoms with E-state index in [4.69, 9.17) is 11.0 Å². The lowest BCUT2D eigenvalue weighted by Gasteiger charge is -2.07. The van der Waals surface area contributed by atoms with E-state index in [1.807, 2.05) is 6.07 Å². The molecule has 0 aromatic heterocycles. The van der Waals surface area contributed by atoms with Crippen molar-refractivity contribution in [3.8, 4) is 6.07 Å². The van der Waals surface area contributed by atoms with Crippen LogP contribution in [0.3, 0.4) is 0 Å². The maximum Gasteiger partial charge on any atom is 0.293 e. The highest BCUT2D eigenvalue weighted by atomic mass is 16.6. The Morgan fingerprint density at radius 2 is 1.89 bits per heavy atom. The molecule has 0 saturated carbocycles. The zero-order chi connectivity index (χ0) is 13.8. The summed E-state index contributed by atoms with van der Waals surface area (Å²) in [6, 6.07) is 13.0. The van der Waals surface area contributed by atoms with E-state index in [0.717, 1.165) is 0 Å². The molecule has 2 aromatic rings. The van der Waals surface area contributed by atoms with Crippen LogP contribution in [0.4, 0.5) is 22.7 Å². The number of anilines is 3. The Morgan fingerprint density at radius 3 is 2.47 bits per heavy atom. The standard InChI is InChI=1S/C13H10N4O2/c14-8-9-1-6-12(13(7-9)17(18)19)16-11-4-2-10(15)3-5-11/h1-7,16H,15H2. The van der Waals surface area contributed by atoms with Gasteiger partial charge in [-0.1, -0.05) is 0 Å². The molecule has 0 aliphatic carbocycles. The summed E-state index contributed by atoms with van der Waals surface area (Å²) in [4.78, 5) is 10.4. The molecule has 0 unspecified atom stereocenters. The van der Waals surface area contributed by atoms with E-state index < -0.39 is 4.92 Å². The molecule has 0 heterocycles. The van der Waals surface area contributed by atoms with E-state index in [0.29, 0.717) is 17.1 Å². The third kappa shape index (κ3) is 2.79. The molecule has 0 spiro atoms. The van der Waals surface area contributed by atoms with Gasteiger partial charge in [0.1, 0.15) is 5.69 Å². The van der Waals surface area contributed by atoms with Crippen molar-refractivity contribution in [2.45, 2.75) is 0 Å². The molecule has 0 bridgehead atoms. The molecule has 0 radical (unpaired) electrons. The van der Waals surface area contributed by atoms with Crippen LogP contribution in [0.1, 0.15) is 5.56 Å². The van der Waals surface area contributed by atoms with Crippen molar-refractivity contribution in [3.05, 3.63) is 58.1 Å². The Hall–Kier alpha value is -3.07. The minimum absolute atomic E-state index is 0.143. The van der Waals surface area contributed by atoms with Gasteiger partial charge in [0.2, 0.25) is 0 Å². The van der Waals surface area contributed by atoms with Crippen molar-refractivity contribution in [1.82, 2.24) is 0 Å². The Morgan fingerprint density at radius 1 is 1.21 bits per heavy atom. The molecular formula is C13H10N4O2. The van der Waals surface area contributed by atoms with Gasteiger partial charge < -0.3 is 11.1 Å². The summed E-state index contributed by atoms with van der Waals surface area (Å²) < 4.78 is 0. The van der Waals surface area contributed by atoms with Crippen molar-refractivity contribution in [2.24, 2.45) is 0 Å². The van der Waals surface area contributed by atoms with E-state index >= 15 is 0 Å². The van der Waals surface area contributed by atoms with Crippen molar-refractivity contribution in [3.63, 3.8) is 0 Å². The fourth-order valence-electron chi connectivity index (χ4n) is 1.58. The zero-order valence-corrected chi connectivity index (χ0v) is 9.83. The van der Waals surface area contributed by atoms with Crippen LogP contribution in [0.25, 0.3) is 0 Å². The Labute approximate surface area is 109 Å². The molecule has 0 fully saturated rings. The number of nitrogens with one attached hydrogen (secondary N) is 1. The number of hydrogen-bond acceptors (Lipinski definition) is 5. The predicted octanol–water partition coefficient (Wildman–Crippen LogP) is 2.79. The van der Waals surface area contributed by atoms with Gasteiger partial charge in [0.05, 0.1) is 16.6 Å². The number of benzene rings is 2. The lowest BCUT2D eigenvalue weighted by Crippen LogP contribution is -1.98. The van der Waals surface area contributed by atoms with Gasteiger partial charge in [0, 0.05) is 17.4 Å². The van der Waals surface area contributed by atoms with Crippen molar-refractivity contribution >= 4 is 22.7 Å². The van der Waals surface area contributed by atoms with Gasteiger partial charge in [0.25, 0.3) is 5.69 Å². The summed E-state index contributed by atoms with van der Waals surface area (Å²) in [5.74, 6) is 0. The number of rotatable bonds is 3. The highest BCUT2D eigenvalue weighted by Gasteiger charge is 2.14. The molecule has 0 aliphatic heterocycles. The first kappa shape index (κ1) is 12.4. The van der Waals surface area contributed by atoms with Gasteiger partial charge in [-0.3, -0.25) is 10.1 Å². The monoisotopic (exact) mass is 254 g/mol. The van der Waals surface area contributed by atoms with Crippen LogP contribution in [0.5, 0.6) is 0 Å². The number of hydrogen-bond donors (Lipinski definition) is 2. The molecular weight excluding hydrogens is 244 g/mol. The lowest BCUT2D eigenvalue weighted by atomic mass is 10.2. The second-order valence-electron chi connectivity index (χ2n) is 3.85. The van der Waals surface area contributed by atoms with Crippen LogP contribution in [0.15, 0.2) is 42.5 Å². The number of nitrogen functional groups attached to an aromatic ring is 1. The third-order valence-corrected chi connectivity index (χ3v) is 2.51. The molecule has 2 aromatic carbocycles. The Balaban J connectivity index is 2.37. The number of nitro groups is 1. The molecule has 94 valence electrons. The quantitative estimate of drug-likeness (QED) is 0.497. The van der Waals surface area contributed by atoms with Gasteiger partial charge in [-0.2, -0.15) is 5.26 Å². The zero-order valence-electron chi connectivity index (χ0n) is 9.83. The molecule has 3 N–H and O–H groups in total. The second-order valence-corrected chi connectivity index (χ2v) is 3.85. The van der Waals surface area contributed by atoms with E-state index in [-0.39, 0.29) is 11.3 Å². The molecule has 0 atom stereocenters. The molecule has 2 rings (SSSR count). The predicted molar refractivity (Wildman–Crippen MR) is 71.9 cm³/mol. The first-order chi connectivity index (χ1) is 9.10. The van der Waals surface area contributed by atoms with Crippen LogP contribution in [0, 0.1) is 21.4 Å². The van der Waals surface area contributed by atoms with Crippen LogP contribution in [-0.4, -0.2) is 4.92 Å². The average Bonchev–Trinajstić information content (AvgIpc) is 2.41. The van der Waals surface area contributed by atoms with Gasteiger partial charge >= 0.3 is 0 Å². The fourth-order valence-corrected chi connectivity index (χ4v) is 1.58. The van der Waals surface area contributed by atoms with Crippen LogP contribution in [-0.2, 0) is 0 Å². The topological polar surface area (TPSA) is 105 Å². The second kappa shape index (κ2) is 5.06. The van der Waals surface area contributed by atoms with E-state index in [9.17, 15) is 10.1 Å². The summed E-state index contributed by atoms with van der Waals surface area (Å²) in [5, 5.41) is 22.6. The van der Waals surface area contributed by atoms with Gasteiger partial charge in [0.15, 0.2) is 0 Å². The highest BCUT2D eigenvalue weighted by Crippen LogP contribution is 2.28. The number of nitrogens with zero attached hydrogens (tertiary/aromatic N) is 2. The fraction of sp³-hybridized carbons (Fsp3) is 0. The smallest absolute Gasteiger partial charge is 0.293 e. The number of nitrogens with two attached hydrogens (primary N) is 1. The number of nitro benzene ring substituents is 1. The van der Waals surface area contributed by atoms with E-state index in [2.05, 4.69) is 5.32 Å². The Kier molecular flexibility index (Phi) is 3.30. The minimum atomic E-state index is -0.527. The molecule has 19 heavy (non-hydrogen) atoms. The summed E-state index contributed by atoms with van der Waals surface area (Å²) in [5.41, 5.74) is 7.29. The van der Waals surface area contributed by atoms with Crippen LogP contribution in [0.2, 0.25) is 0 Å². The highest BCUT2D eigenvalue weighted by molar-refractivity contribution is 5.71. The largest absolute Gasteiger partial charge is 0.399 e. The van der Waals surface area contributed by atoms with Crippen molar-refractivity contribution in [2.75, 3.05) is 11.1 Å². The summed E-state index contributed by atoms with van der Waals surface area (Å²) in [6.07, 6.45) is 0. The lowest BCUT2D eigenvalue weighted by molar-refractivity contribution is -0.383. The molecule has 6 nitrogen and oxygen atoms in total. The van der Waals surface area contributed by atoms with E-state index in [1.165, 1.54) is 18.2 Å². The molecule has 0 aliphatic rings. The van der Waals surface area contributed by atoms with E-state index in [1.54, 1.807) is 24.3 Å². The van der Waals surface area contributed by atoms with Crippen molar-refractivity contribution in [1.29, 1.82) is 5.26 Å². The minimum Gasteiger partial charge on any atom is -0.399 e. The van der Waals surface area contributed by atoms with Crippen LogP contribution >= 0.6 is 0 Å². The first-order valence-corrected chi connectivity index (χ1v) is 5.41. The SMILES string of the molecule is N#Cc1ccc(Nc2ccc(N)cc2)c([N+](=O)[O-])c1. The van der Waals surface area contributed by atoms with Gasteiger partial charge in [-0.15, -0.1) is 0 Å². The molecule has 0 saturated heterocycles. The van der Waals surface area contributed by atoms with Gasteiger partial charge in [-0.05, 0) is 36.4 Å². The molecule has 0 amide bonds. The summed E-state index contributed by atoms with van der Waals surface area (Å²) >= 11 is 0.